The minimum absolute atomic E-state index is 0.884. The Morgan fingerprint density at radius 1 is 1.41 bits per heavy atom. The van der Waals surface area contributed by atoms with Crippen LogP contribution in [0.2, 0.25) is 0 Å². The third kappa shape index (κ3) is 3.91. The number of anilines is 1. The van der Waals surface area contributed by atoms with Crippen molar-refractivity contribution in [3.63, 3.8) is 0 Å². The molecule has 3 heteroatoms. The molecule has 2 nitrogen and oxygen atoms in total. The van der Waals surface area contributed by atoms with Gasteiger partial charge in [-0.25, -0.2) is 4.98 Å². The lowest BCUT2D eigenvalue weighted by atomic mass is 10.3. The average molecular weight is 250 g/mol. The molecule has 0 aliphatic heterocycles. The molecule has 1 aliphatic rings. The molecule has 2 rings (SSSR count). The van der Waals surface area contributed by atoms with Gasteiger partial charge in [0.15, 0.2) is 0 Å². The van der Waals surface area contributed by atoms with E-state index in [1.54, 1.807) is 0 Å². The van der Waals surface area contributed by atoms with E-state index >= 15 is 0 Å². The molecule has 1 aliphatic carbocycles. The summed E-state index contributed by atoms with van der Waals surface area (Å²) in [6, 6.07) is 4.24. The van der Waals surface area contributed by atoms with Crippen LogP contribution in [0.5, 0.6) is 0 Å². The first kappa shape index (κ1) is 12.7. The highest BCUT2D eigenvalue weighted by atomic mass is 32.2. The number of aromatic nitrogens is 1. The van der Waals surface area contributed by atoms with Crippen molar-refractivity contribution in [1.82, 2.24) is 4.98 Å². The number of nitrogens with one attached hydrogen (secondary N) is 1. The van der Waals surface area contributed by atoms with Crippen LogP contribution in [0.25, 0.3) is 0 Å². The molecule has 1 fully saturated rings. The van der Waals surface area contributed by atoms with Gasteiger partial charge in [-0.05, 0) is 25.3 Å². The highest BCUT2D eigenvalue weighted by molar-refractivity contribution is 7.99. The Labute approximate surface area is 109 Å². The molecule has 1 aromatic rings. The standard InChI is InChI=1S/C14H22N2S/c1-2-9-15-14-12(6-5-10-16-14)11-17-13-7-3-4-8-13/h5-6,10,13H,2-4,7-9,11H2,1H3,(H,15,16). The molecule has 0 spiro atoms. The number of rotatable bonds is 6. The summed E-state index contributed by atoms with van der Waals surface area (Å²) in [5.41, 5.74) is 1.36. The van der Waals surface area contributed by atoms with E-state index in [9.17, 15) is 0 Å². The van der Waals surface area contributed by atoms with Gasteiger partial charge >= 0.3 is 0 Å². The van der Waals surface area contributed by atoms with E-state index < -0.39 is 0 Å². The van der Waals surface area contributed by atoms with Crippen LogP contribution in [-0.2, 0) is 5.75 Å². The molecule has 0 unspecified atom stereocenters. The Morgan fingerprint density at radius 2 is 2.24 bits per heavy atom. The van der Waals surface area contributed by atoms with Crippen molar-refractivity contribution in [2.45, 2.75) is 50.0 Å². The summed E-state index contributed by atoms with van der Waals surface area (Å²) in [5.74, 6) is 2.18. The van der Waals surface area contributed by atoms with Gasteiger partial charge in [0.25, 0.3) is 0 Å². The summed E-state index contributed by atoms with van der Waals surface area (Å²) >= 11 is 2.10. The average Bonchev–Trinajstić information content (AvgIpc) is 2.88. The number of nitrogens with zero attached hydrogens (tertiary/aromatic N) is 1. The van der Waals surface area contributed by atoms with Crippen LogP contribution in [0.4, 0.5) is 5.82 Å². The summed E-state index contributed by atoms with van der Waals surface area (Å²) in [6.07, 6.45) is 8.68. The lowest BCUT2D eigenvalue weighted by molar-refractivity contribution is 0.886. The van der Waals surface area contributed by atoms with Crippen LogP contribution in [0, 0.1) is 0 Å². The van der Waals surface area contributed by atoms with E-state index in [2.05, 4.69) is 35.1 Å². The predicted octanol–water partition coefficient (Wildman–Crippen LogP) is 4.08. The van der Waals surface area contributed by atoms with E-state index in [1.165, 1.54) is 31.2 Å². The maximum Gasteiger partial charge on any atom is 0.129 e. The fourth-order valence-electron chi connectivity index (χ4n) is 2.22. The first-order valence-corrected chi connectivity index (χ1v) is 7.74. The van der Waals surface area contributed by atoms with Gasteiger partial charge in [0.2, 0.25) is 0 Å². The second kappa shape index (κ2) is 6.90. The zero-order chi connectivity index (χ0) is 11.9. The molecule has 0 radical (unpaired) electrons. The fraction of sp³-hybridized carbons (Fsp3) is 0.643. The van der Waals surface area contributed by atoms with Crippen molar-refractivity contribution >= 4 is 17.6 Å². The number of hydrogen-bond donors (Lipinski definition) is 1. The molecule has 1 saturated carbocycles. The normalized spacial score (nSPS) is 16.3. The highest BCUT2D eigenvalue weighted by Gasteiger charge is 2.15. The smallest absolute Gasteiger partial charge is 0.129 e. The highest BCUT2D eigenvalue weighted by Crippen LogP contribution is 2.32. The van der Waals surface area contributed by atoms with E-state index in [4.69, 9.17) is 0 Å². The van der Waals surface area contributed by atoms with Crippen LogP contribution in [-0.4, -0.2) is 16.8 Å². The van der Waals surface area contributed by atoms with E-state index in [1.807, 2.05) is 12.3 Å². The van der Waals surface area contributed by atoms with Crippen LogP contribution in [0.1, 0.15) is 44.6 Å². The zero-order valence-corrected chi connectivity index (χ0v) is 11.4. The summed E-state index contributed by atoms with van der Waals surface area (Å²) in [7, 11) is 0. The van der Waals surface area contributed by atoms with Crippen LogP contribution in [0.3, 0.4) is 0 Å². The Bertz CT molecular complexity index is 335. The van der Waals surface area contributed by atoms with Crippen molar-refractivity contribution in [3.05, 3.63) is 23.9 Å². The number of thioether (sulfide) groups is 1. The first-order valence-electron chi connectivity index (χ1n) is 6.69. The minimum atomic E-state index is 0.884. The SMILES string of the molecule is CCCNc1ncccc1CSC1CCCC1. The molecule has 0 bridgehead atoms. The van der Waals surface area contributed by atoms with Crippen molar-refractivity contribution in [3.8, 4) is 0 Å². The molecule has 1 aromatic heterocycles. The lowest BCUT2D eigenvalue weighted by Gasteiger charge is -2.12. The Morgan fingerprint density at radius 3 is 3.00 bits per heavy atom. The molecular formula is C14H22N2S. The van der Waals surface area contributed by atoms with E-state index in [0.29, 0.717) is 0 Å². The Balaban J connectivity index is 1.89. The molecule has 0 amide bonds. The Hall–Kier alpha value is -0.700. The molecule has 94 valence electrons. The third-order valence-electron chi connectivity index (χ3n) is 3.21. The van der Waals surface area contributed by atoms with Crippen molar-refractivity contribution in [1.29, 1.82) is 0 Å². The summed E-state index contributed by atoms with van der Waals surface area (Å²) < 4.78 is 0. The van der Waals surface area contributed by atoms with Crippen molar-refractivity contribution < 1.29 is 0 Å². The Kier molecular flexibility index (Phi) is 5.17. The summed E-state index contributed by atoms with van der Waals surface area (Å²) in [6.45, 7) is 3.20. The molecule has 0 aromatic carbocycles. The van der Waals surface area contributed by atoms with Crippen LogP contribution < -0.4 is 5.32 Å². The second-order valence-electron chi connectivity index (χ2n) is 4.66. The topological polar surface area (TPSA) is 24.9 Å². The number of hydrogen-bond acceptors (Lipinski definition) is 3. The summed E-state index contributed by atoms with van der Waals surface area (Å²) in [4.78, 5) is 4.44. The summed E-state index contributed by atoms with van der Waals surface area (Å²) in [5, 5.41) is 4.30. The monoisotopic (exact) mass is 250 g/mol. The van der Waals surface area contributed by atoms with Gasteiger partial charge in [0.05, 0.1) is 0 Å². The molecule has 1 heterocycles. The van der Waals surface area contributed by atoms with Gasteiger partial charge in [-0.15, -0.1) is 0 Å². The second-order valence-corrected chi connectivity index (χ2v) is 5.94. The van der Waals surface area contributed by atoms with E-state index in [-0.39, 0.29) is 0 Å². The van der Waals surface area contributed by atoms with Gasteiger partial charge in [-0.2, -0.15) is 11.8 Å². The van der Waals surface area contributed by atoms with Crippen LogP contribution in [0.15, 0.2) is 18.3 Å². The van der Waals surface area contributed by atoms with Crippen LogP contribution >= 0.6 is 11.8 Å². The molecule has 17 heavy (non-hydrogen) atoms. The fourth-order valence-corrected chi connectivity index (χ4v) is 3.54. The molecule has 1 N–H and O–H groups in total. The largest absolute Gasteiger partial charge is 0.370 e. The molecule has 0 saturated heterocycles. The van der Waals surface area contributed by atoms with Gasteiger partial charge in [-0.3, -0.25) is 0 Å². The van der Waals surface area contributed by atoms with Gasteiger partial charge < -0.3 is 5.32 Å². The van der Waals surface area contributed by atoms with E-state index in [0.717, 1.165) is 29.8 Å². The van der Waals surface area contributed by atoms with Gasteiger partial charge in [-0.1, -0.05) is 25.8 Å². The minimum Gasteiger partial charge on any atom is -0.370 e. The zero-order valence-electron chi connectivity index (χ0n) is 10.6. The van der Waals surface area contributed by atoms with Gasteiger partial charge in [0, 0.05) is 29.3 Å². The van der Waals surface area contributed by atoms with Crippen molar-refractivity contribution in [2.24, 2.45) is 0 Å². The maximum absolute atomic E-state index is 4.44. The van der Waals surface area contributed by atoms with Gasteiger partial charge in [0.1, 0.15) is 5.82 Å². The lowest BCUT2D eigenvalue weighted by Crippen LogP contribution is -2.05. The first-order chi connectivity index (χ1) is 8.40. The molecular weight excluding hydrogens is 228 g/mol. The quantitative estimate of drug-likeness (QED) is 0.823. The number of pyridine rings is 1. The predicted molar refractivity (Wildman–Crippen MR) is 76.6 cm³/mol. The molecule has 0 atom stereocenters. The third-order valence-corrected chi connectivity index (χ3v) is 4.63. The maximum atomic E-state index is 4.44. The van der Waals surface area contributed by atoms with Crippen molar-refractivity contribution in [2.75, 3.05) is 11.9 Å².